The zero-order chi connectivity index (χ0) is 13.7. The second-order valence-corrected chi connectivity index (χ2v) is 5.79. The van der Waals surface area contributed by atoms with Gasteiger partial charge in [-0.15, -0.1) is 0 Å². The Kier molecular flexibility index (Phi) is 4.85. The lowest BCUT2D eigenvalue weighted by Gasteiger charge is -2.29. The molecule has 0 radical (unpaired) electrons. The fraction of sp³-hybridized carbons (Fsp3) is 0.588. The van der Waals surface area contributed by atoms with Gasteiger partial charge in [0.2, 0.25) is 0 Å². The highest BCUT2D eigenvalue weighted by atomic mass is 14.9. The zero-order valence-electron chi connectivity index (χ0n) is 12.1. The summed E-state index contributed by atoms with van der Waals surface area (Å²) in [4.78, 5) is 0. The molecule has 0 bridgehead atoms. The molecule has 0 saturated heterocycles. The van der Waals surface area contributed by atoms with Crippen LogP contribution in [0.4, 0.5) is 5.69 Å². The Bertz CT molecular complexity index is 451. The first-order valence-electron chi connectivity index (χ1n) is 7.50. The maximum atomic E-state index is 8.94. The quantitative estimate of drug-likeness (QED) is 0.852. The predicted octanol–water partition coefficient (Wildman–Crippen LogP) is 4.64. The van der Waals surface area contributed by atoms with Crippen LogP contribution in [-0.2, 0) is 0 Å². The molecular formula is C17H24N2. The summed E-state index contributed by atoms with van der Waals surface area (Å²) in [5.74, 6) is 0.950. The molecule has 2 rings (SSSR count). The van der Waals surface area contributed by atoms with Crippen molar-refractivity contribution >= 4 is 5.69 Å². The van der Waals surface area contributed by atoms with Crippen molar-refractivity contribution in [1.29, 1.82) is 5.26 Å². The summed E-state index contributed by atoms with van der Waals surface area (Å²) >= 11 is 0. The molecule has 1 fully saturated rings. The van der Waals surface area contributed by atoms with Crippen molar-refractivity contribution < 1.29 is 0 Å². The molecule has 1 aliphatic carbocycles. The van der Waals surface area contributed by atoms with Gasteiger partial charge in [-0.1, -0.05) is 19.8 Å². The van der Waals surface area contributed by atoms with E-state index < -0.39 is 0 Å². The number of nitrogens with one attached hydrogen (secondary N) is 1. The minimum Gasteiger partial charge on any atom is -0.382 e. The standard InChI is InChI=1S/C17H24N2/c1-3-4-14-5-8-16(9-6-14)19-17-10-7-15(12-18)13(2)11-17/h7,10-11,14,16,19H,3-6,8-9H2,1-2H3. The minimum absolute atomic E-state index is 0.612. The third-order valence-corrected chi connectivity index (χ3v) is 4.26. The highest BCUT2D eigenvalue weighted by Crippen LogP contribution is 2.29. The van der Waals surface area contributed by atoms with E-state index in [-0.39, 0.29) is 0 Å². The third-order valence-electron chi connectivity index (χ3n) is 4.26. The van der Waals surface area contributed by atoms with E-state index in [0.29, 0.717) is 6.04 Å². The van der Waals surface area contributed by atoms with Crippen molar-refractivity contribution in [2.75, 3.05) is 5.32 Å². The fourth-order valence-corrected chi connectivity index (χ4v) is 3.12. The van der Waals surface area contributed by atoms with Crippen LogP contribution in [0.25, 0.3) is 0 Å². The molecule has 1 N–H and O–H groups in total. The van der Waals surface area contributed by atoms with Crippen LogP contribution in [-0.4, -0.2) is 6.04 Å². The number of hydrogen-bond donors (Lipinski definition) is 1. The lowest BCUT2D eigenvalue weighted by molar-refractivity contribution is 0.319. The molecule has 0 atom stereocenters. The third kappa shape index (κ3) is 3.73. The number of nitrogens with zero attached hydrogens (tertiary/aromatic N) is 1. The molecule has 19 heavy (non-hydrogen) atoms. The van der Waals surface area contributed by atoms with Gasteiger partial charge in [-0.05, 0) is 62.3 Å². The normalized spacial score (nSPS) is 22.8. The minimum atomic E-state index is 0.612. The number of benzene rings is 1. The second kappa shape index (κ2) is 6.61. The summed E-state index contributed by atoms with van der Waals surface area (Å²) in [5.41, 5.74) is 3.00. The molecule has 0 heterocycles. The van der Waals surface area contributed by atoms with E-state index in [0.717, 1.165) is 22.7 Å². The summed E-state index contributed by atoms with van der Waals surface area (Å²) in [7, 11) is 0. The van der Waals surface area contributed by atoms with Gasteiger partial charge in [-0.3, -0.25) is 0 Å². The zero-order valence-corrected chi connectivity index (χ0v) is 12.1. The summed E-state index contributed by atoms with van der Waals surface area (Å²) in [6.45, 7) is 4.28. The molecule has 1 aromatic carbocycles. The van der Waals surface area contributed by atoms with Gasteiger partial charge in [0, 0.05) is 11.7 Å². The number of anilines is 1. The Morgan fingerprint density at radius 1 is 1.26 bits per heavy atom. The molecule has 2 heteroatoms. The lowest BCUT2D eigenvalue weighted by atomic mass is 9.83. The van der Waals surface area contributed by atoms with Gasteiger partial charge >= 0.3 is 0 Å². The van der Waals surface area contributed by atoms with Gasteiger partial charge in [0.25, 0.3) is 0 Å². The average Bonchev–Trinajstić information content (AvgIpc) is 2.42. The molecular weight excluding hydrogens is 232 g/mol. The predicted molar refractivity (Wildman–Crippen MR) is 80.2 cm³/mol. The van der Waals surface area contributed by atoms with Crippen LogP contribution in [0.2, 0.25) is 0 Å². The molecule has 0 aromatic heterocycles. The first-order valence-corrected chi connectivity index (χ1v) is 7.50. The molecule has 0 aliphatic heterocycles. The average molecular weight is 256 g/mol. The summed E-state index contributed by atoms with van der Waals surface area (Å²) < 4.78 is 0. The Morgan fingerprint density at radius 3 is 2.58 bits per heavy atom. The van der Waals surface area contributed by atoms with Crippen LogP contribution in [0.15, 0.2) is 18.2 Å². The molecule has 1 aliphatic rings. The largest absolute Gasteiger partial charge is 0.382 e. The van der Waals surface area contributed by atoms with Crippen molar-refractivity contribution in [3.05, 3.63) is 29.3 Å². The number of rotatable bonds is 4. The Morgan fingerprint density at radius 2 is 2.00 bits per heavy atom. The maximum absolute atomic E-state index is 8.94. The molecule has 2 nitrogen and oxygen atoms in total. The van der Waals surface area contributed by atoms with E-state index in [1.165, 1.54) is 38.5 Å². The van der Waals surface area contributed by atoms with Crippen molar-refractivity contribution in [3.8, 4) is 6.07 Å². The van der Waals surface area contributed by atoms with Gasteiger partial charge in [0.1, 0.15) is 0 Å². The Hall–Kier alpha value is -1.49. The SMILES string of the molecule is CCCC1CCC(Nc2ccc(C#N)c(C)c2)CC1. The lowest BCUT2D eigenvalue weighted by Crippen LogP contribution is -2.26. The molecule has 0 amide bonds. The van der Waals surface area contributed by atoms with E-state index in [4.69, 9.17) is 5.26 Å². The molecule has 102 valence electrons. The Balaban J connectivity index is 1.89. The van der Waals surface area contributed by atoms with Crippen LogP contribution in [0, 0.1) is 24.2 Å². The monoisotopic (exact) mass is 256 g/mol. The fourth-order valence-electron chi connectivity index (χ4n) is 3.12. The van der Waals surface area contributed by atoms with Gasteiger partial charge in [-0.2, -0.15) is 5.26 Å². The van der Waals surface area contributed by atoms with Gasteiger partial charge in [-0.25, -0.2) is 0 Å². The van der Waals surface area contributed by atoms with Crippen molar-refractivity contribution in [2.24, 2.45) is 5.92 Å². The van der Waals surface area contributed by atoms with Crippen molar-refractivity contribution in [1.82, 2.24) is 0 Å². The first-order chi connectivity index (χ1) is 9.22. The second-order valence-electron chi connectivity index (χ2n) is 5.79. The summed E-state index contributed by atoms with van der Waals surface area (Å²) in [6.07, 6.45) is 8.00. The van der Waals surface area contributed by atoms with Crippen LogP contribution in [0.5, 0.6) is 0 Å². The van der Waals surface area contributed by atoms with E-state index in [9.17, 15) is 0 Å². The number of nitriles is 1. The highest BCUT2D eigenvalue weighted by Gasteiger charge is 2.20. The van der Waals surface area contributed by atoms with Crippen molar-refractivity contribution in [2.45, 2.75) is 58.4 Å². The Labute approximate surface area is 116 Å². The number of aryl methyl sites for hydroxylation is 1. The van der Waals surface area contributed by atoms with E-state index in [2.05, 4.69) is 24.4 Å². The topological polar surface area (TPSA) is 35.8 Å². The number of hydrogen-bond acceptors (Lipinski definition) is 2. The van der Waals surface area contributed by atoms with Gasteiger partial charge < -0.3 is 5.32 Å². The van der Waals surface area contributed by atoms with Crippen LogP contribution in [0.3, 0.4) is 0 Å². The smallest absolute Gasteiger partial charge is 0.0994 e. The molecule has 0 spiro atoms. The van der Waals surface area contributed by atoms with Gasteiger partial charge in [0.15, 0.2) is 0 Å². The van der Waals surface area contributed by atoms with Crippen LogP contribution < -0.4 is 5.32 Å². The first kappa shape index (κ1) is 13.9. The maximum Gasteiger partial charge on any atom is 0.0994 e. The summed E-state index contributed by atoms with van der Waals surface area (Å²) in [6, 6.07) is 8.87. The van der Waals surface area contributed by atoms with E-state index in [1.807, 2.05) is 19.1 Å². The van der Waals surface area contributed by atoms with Crippen molar-refractivity contribution in [3.63, 3.8) is 0 Å². The van der Waals surface area contributed by atoms with Gasteiger partial charge in [0.05, 0.1) is 11.6 Å². The molecule has 1 aromatic rings. The van der Waals surface area contributed by atoms with Crippen LogP contribution >= 0.6 is 0 Å². The van der Waals surface area contributed by atoms with Crippen LogP contribution in [0.1, 0.15) is 56.6 Å². The molecule has 1 saturated carbocycles. The highest BCUT2D eigenvalue weighted by molar-refractivity contribution is 5.52. The summed E-state index contributed by atoms with van der Waals surface area (Å²) in [5, 5.41) is 12.6. The van der Waals surface area contributed by atoms with E-state index >= 15 is 0 Å². The van der Waals surface area contributed by atoms with E-state index in [1.54, 1.807) is 0 Å². The molecule has 0 unspecified atom stereocenters.